The number of thioether (sulfide) groups is 2. The molecule has 0 atom stereocenters. The minimum absolute atomic E-state index is 0.137. The zero-order valence-corrected chi connectivity index (χ0v) is 20.7. The predicted molar refractivity (Wildman–Crippen MR) is 147 cm³/mol. The first kappa shape index (κ1) is 23.8. The molecule has 0 aliphatic carbocycles. The van der Waals surface area contributed by atoms with Crippen molar-refractivity contribution in [3.8, 4) is 0 Å². The van der Waals surface area contributed by atoms with E-state index in [4.69, 9.17) is 5.73 Å². The van der Waals surface area contributed by atoms with Crippen molar-refractivity contribution in [3.63, 3.8) is 0 Å². The minimum atomic E-state index is -0.137. The summed E-state index contributed by atoms with van der Waals surface area (Å²) >= 11 is 2.90. The number of amides is 1. The zero-order chi connectivity index (χ0) is 23.9. The van der Waals surface area contributed by atoms with Crippen molar-refractivity contribution < 1.29 is 4.79 Å². The Hall–Kier alpha value is -3.36. The number of nitrogens with zero attached hydrogens (tertiary/aromatic N) is 2. The van der Waals surface area contributed by atoms with Crippen LogP contribution in [0.25, 0.3) is 0 Å². The van der Waals surface area contributed by atoms with Gasteiger partial charge >= 0.3 is 0 Å². The van der Waals surface area contributed by atoms with Crippen molar-refractivity contribution in [1.29, 1.82) is 0 Å². The van der Waals surface area contributed by atoms with E-state index in [-0.39, 0.29) is 5.91 Å². The van der Waals surface area contributed by atoms with Crippen LogP contribution in [0.2, 0.25) is 0 Å². The first-order valence-electron chi connectivity index (χ1n) is 11.0. The Balaban J connectivity index is 1.60. The largest absolute Gasteiger partial charge is 0.399 e. The second-order valence-corrected chi connectivity index (χ2v) is 9.48. The van der Waals surface area contributed by atoms with E-state index in [2.05, 4.69) is 32.7 Å². The van der Waals surface area contributed by atoms with Crippen LogP contribution in [0, 0.1) is 0 Å². The van der Waals surface area contributed by atoms with Gasteiger partial charge in [-0.25, -0.2) is 4.99 Å². The summed E-state index contributed by atoms with van der Waals surface area (Å²) in [5.74, 6) is -0.137. The number of anilines is 3. The number of benzene rings is 3. The summed E-state index contributed by atoms with van der Waals surface area (Å²) in [5.41, 5.74) is 12.1. The van der Waals surface area contributed by atoms with Crippen LogP contribution >= 0.6 is 23.5 Å². The maximum atomic E-state index is 13.3. The molecule has 0 saturated heterocycles. The lowest BCUT2D eigenvalue weighted by atomic mass is 10.2. The Morgan fingerprint density at radius 2 is 1.88 bits per heavy atom. The summed E-state index contributed by atoms with van der Waals surface area (Å²) in [6, 6.07) is 23.6. The maximum Gasteiger partial charge on any atom is 0.261 e. The van der Waals surface area contributed by atoms with Crippen LogP contribution in [-0.4, -0.2) is 25.0 Å². The van der Waals surface area contributed by atoms with Gasteiger partial charge in [0, 0.05) is 30.7 Å². The Kier molecular flexibility index (Phi) is 7.82. The molecule has 34 heavy (non-hydrogen) atoms. The summed E-state index contributed by atoms with van der Waals surface area (Å²) in [5, 5.41) is 7.23. The topological polar surface area (TPSA) is 82.7 Å². The molecule has 0 radical (unpaired) electrons. The van der Waals surface area contributed by atoms with Crippen LogP contribution in [0.5, 0.6) is 0 Å². The number of carbonyl (C=O) groups excluding carboxylic acids is 1. The number of hydrogen-bond donors (Lipinski definition) is 3. The molecule has 4 rings (SSSR count). The Morgan fingerprint density at radius 3 is 2.65 bits per heavy atom. The standard InChI is InChI=1S/C26H27N5OS2/c1-3-28-20-14-13-19(27)15-21(20)30-17-33-24(25(32)29-16-18-9-5-4-6-10-18)26-31(2)22-11-7-8-12-23(22)34-26/h4-15,17,28H,3,16,27H2,1-2H3,(H,29,32)/b26-24-,30-17?. The number of carbonyl (C=O) groups is 1. The number of fused-ring (bicyclic) bond motifs is 1. The smallest absolute Gasteiger partial charge is 0.261 e. The molecular weight excluding hydrogens is 462 g/mol. The van der Waals surface area contributed by atoms with Crippen LogP contribution in [0.4, 0.5) is 22.7 Å². The first-order valence-corrected chi connectivity index (χ1v) is 12.7. The average Bonchev–Trinajstić information content (AvgIpc) is 3.19. The normalized spacial score (nSPS) is 14.2. The highest BCUT2D eigenvalue weighted by atomic mass is 32.2. The van der Waals surface area contributed by atoms with Crippen molar-refractivity contribution in [2.75, 3.05) is 29.5 Å². The van der Waals surface area contributed by atoms with E-state index in [0.717, 1.165) is 39.1 Å². The van der Waals surface area contributed by atoms with Crippen molar-refractivity contribution >= 4 is 57.7 Å². The molecule has 8 heteroatoms. The fourth-order valence-electron chi connectivity index (χ4n) is 3.49. The van der Waals surface area contributed by atoms with Crippen molar-refractivity contribution in [1.82, 2.24) is 5.32 Å². The third-order valence-corrected chi connectivity index (χ3v) is 7.38. The highest BCUT2D eigenvalue weighted by Crippen LogP contribution is 2.47. The molecule has 174 valence electrons. The molecule has 3 aromatic rings. The van der Waals surface area contributed by atoms with Gasteiger partial charge in [0.25, 0.3) is 5.91 Å². The highest BCUT2D eigenvalue weighted by Gasteiger charge is 2.28. The van der Waals surface area contributed by atoms with Crippen LogP contribution in [0.3, 0.4) is 0 Å². The molecule has 0 spiro atoms. The molecule has 0 aromatic heterocycles. The maximum absolute atomic E-state index is 13.3. The van der Waals surface area contributed by atoms with Crippen LogP contribution in [0.1, 0.15) is 12.5 Å². The SMILES string of the molecule is CCNc1ccc(N)cc1N=CS/C(C(=O)NCc1ccccc1)=C1\Sc2ccccc2N1C. The monoisotopic (exact) mass is 489 g/mol. The Labute approximate surface area is 208 Å². The lowest BCUT2D eigenvalue weighted by molar-refractivity contribution is -0.117. The summed E-state index contributed by atoms with van der Waals surface area (Å²) in [6.07, 6.45) is 0. The third kappa shape index (κ3) is 5.58. The number of nitrogens with one attached hydrogen (secondary N) is 2. The highest BCUT2D eigenvalue weighted by molar-refractivity contribution is 8.17. The zero-order valence-electron chi connectivity index (χ0n) is 19.1. The average molecular weight is 490 g/mol. The van der Waals surface area contributed by atoms with Gasteiger partial charge in [-0.1, -0.05) is 66.0 Å². The lowest BCUT2D eigenvalue weighted by Crippen LogP contribution is -2.26. The summed E-state index contributed by atoms with van der Waals surface area (Å²) in [6.45, 7) is 3.26. The minimum Gasteiger partial charge on any atom is -0.399 e. The van der Waals surface area contributed by atoms with Gasteiger partial charge in [0.15, 0.2) is 0 Å². The third-order valence-electron chi connectivity index (χ3n) is 5.19. The quantitative estimate of drug-likeness (QED) is 0.160. The van der Waals surface area contributed by atoms with Gasteiger partial charge in [-0.15, -0.1) is 0 Å². The fraction of sp³-hybridized carbons (Fsp3) is 0.154. The second-order valence-electron chi connectivity index (χ2n) is 7.59. The van der Waals surface area contributed by atoms with Gasteiger partial charge in [0.1, 0.15) is 4.91 Å². The number of hydrogen-bond acceptors (Lipinski definition) is 7. The molecule has 4 N–H and O–H groups in total. The molecule has 1 aliphatic heterocycles. The molecule has 0 fully saturated rings. The van der Waals surface area contributed by atoms with Gasteiger partial charge in [-0.2, -0.15) is 0 Å². The van der Waals surface area contributed by atoms with E-state index in [1.54, 1.807) is 17.3 Å². The summed E-state index contributed by atoms with van der Waals surface area (Å²) < 4.78 is 0. The molecule has 0 saturated carbocycles. The van der Waals surface area contributed by atoms with Gasteiger partial charge in [-0.05, 0) is 42.8 Å². The molecule has 1 heterocycles. The Bertz CT molecular complexity index is 1230. The fourth-order valence-corrected chi connectivity index (χ4v) is 5.54. The molecule has 3 aromatic carbocycles. The van der Waals surface area contributed by atoms with E-state index < -0.39 is 0 Å². The molecule has 0 bridgehead atoms. The summed E-state index contributed by atoms with van der Waals surface area (Å²) in [7, 11) is 1.98. The van der Waals surface area contributed by atoms with Crippen LogP contribution in [-0.2, 0) is 11.3 Å². The van der Waals surface area contributed by atoms with E-state index >= 15 is 0 Å². The van der Waals surface area contributed by atoms with E-state index in [1.165, 1.54) is 11.8 Å². The van der Waals surface area contributed by atoms with Gasteiger partial charge in [-0.3, -0.25) is 4.79 Å². The van der Waals surface area contributed by atoms with Crippen LogP contribution < -0.4 is 21.3 Å². The van der Waals surface area contributed by atoms with Crippen molar-refractivity contribution in [2.24, 2.45) is 4.99 Å². The van der Waals surface area contributed by atoms with Crippen LogP contribution in [0.15, 0.2) is 92.6 Å². The second kappa shape index (κ2) is 11.2. The van der Waals surface area contributed by atoms with Gasteiger partial charge in [0.2, 0.25) is 0 Å². The van der Waals surface area contributed by atoms with Gasteiger partial charge in [0.05, 0.1) is 27.6 Å². The molecule has 6 nitrogen and oxygen atoms in total. The number of rotatable bonds is 8. The lowest BCUT2D eigenvalue weighted by Gasteiger charge is -2.17. The van der Waals surface area contributed by atoms with E-state index in [1.807, 2.05) is 74.6 Å². The van der Waals surface area contributed by atoms with Gasteiger partial charge < -0.3 is 21.3 Å². The molecule has 0 unspecified atom stereocenters. The number of para-hydroxylation sites is 1. The summed E-state index contributed by atoms with van der Waals surface area (Å²) in [4.78, 5) is 21.7. The number of aliphatic imine (C=N–C) groups is 1. The van der Waals surface area contributed by atoms with Crippen molar-refractivity contribution in [3.05, 3.63) is 88.3 Å². The molecular formula is C26H27N5OS2. The van der Waals surface area contributed by atoms with E-state index in [9.17, 15) is 4.79 Å². The molecule has 1 aliphatic rings. The Morgan fingerprint density at radius 1 is 1.12 bits per heavy atom. The number of nitrogens with two attached hydrogens (primary N) is 1. The van der Waals surface area contributed by atoms with Crippen molar-refractivity contribution in [2.45, 2.75) is 18.4 Å². The predicted octanol–water partition coefficient (Wildman–Crippen LogP) is 5.82. The molecule has 1 amide bonds. The van der Waals surface area contributed by atoms with E-state index in [0.29, 0.717) is 17.1 Å². The number of nitrogen functional groups attached to an aromatic ring is 1. The first-order chi connectivity index (χ1) is 16.6.